The molecule has 0 saturated heterocycles. The van der Waals surface area contributed by atoms with Crippen molar-refractivity contribution in [3.63, 3.8) is 0 Å². The van der Waals surface area contributed by atoms with E-state index in [1.54, 1.807) is 4.57 Å². The zero-order valence-electron chi connectivity index (χ0n) is 24.9. The normalized spacial score (nSPS) is 14.2. The number of anilines is 1. The van der Waals surface area contributed by atoms with Crippen molar-refractivity contribution in [3.8, 4) is 0 Å². The van der Waals surface area contributed by atoms with Gasteiger partial charge in [0.15, 0.2) is 11.5 Å². The highest BCUT2D eigenvalue weighted by Gasteiger charge is 2.23. The molecule has 0 aromatic carbocycles. The molecule has 2 aromatic rings. The predicted octanol–water partition coefficient (Wildman–Crippen LogP) is 6.00. The van der Waals surface area contributed by atoms with Crippen LogP contribution in [0, 0.1) is 0 Å². The molecule has 2 aromatic heterocycles. The number of aliphatic hydroxyl groups is 1. The highest BCUT2D eigenvalue weighted by atomic mass is 31.2. The summed E-state index contributed by atoms with van der Waals surface area (Å²) >= 11 is 0. The van der Waals surface area contributed by atoms with Crippen LogP contribution in [0.4, 0.5) is 5.82 Å². The van der Waals surface area contributed by atoms with Gasteiger partial charge in [0.2, 0.25) is 0 Å². The fourth-order valence-electron chi connectivity index (χ4n) is 4.44. The van der Waals surface area contributed by atoms with Crippen molar-refractivity contribution >= 4 is 24.6 Å². The molecular weight excluding hydrogens is 545 g/mol. The quantitative estimate of drug-likeness (QED) is 0.0668. The maximum atomic E-state index is 12.3. The first-order chi connectivity index (χ1) is 20.0. The monoisotopic (exact) mass is 597 g/mol. The smallest absolute Gasteiger partial charge is 0.353 e. The molecule has 0 aliphatic rings. The highest BCUT2D eigenvalue weighted by Crippen LogP contribution is 2.41. The van der Waals surface area contributed by atoms with Crippen LogP contribution in [0.25, 0.3) is 11.2 Å². The molecule has 1 unspecified atom stereocenters. The van der Waals surface area contributed by atoms with E-state index in [9.17, 15) is 14.6 Å². The number of hydrogen-bond donors (Lipinski definition) is 3. The van der Waals surface area contributed by atoms with Gasteiger partial charge in [-0.1, -0.05) is 76.9 Å². The summed E-state index contributed by atoms with van der Waals surface area (Å²) in [7, 11) is -3.99. The Bertz CT molecular complexity index is 1020. The van der Waals surface area contributed by atoms with Crippen molar-refractivity contribution < 1.29 is 28.6 Å². The van der Waals surface area contributed by atoms with E-state index in [-0.39, 0.29) is 32.2 Å². The molecule has 0 aliphatic carbocycles. The number of fused-ring (bicyclic) bond motifs is 1. The number of nitrogens with zero attached hydrogens (tertiary/aromatic N) is 4. The average molecular weight is 598 g/mol. The van der Waals surface area contributed by atoms with Gasteiger partial charge in [-0.2, -0.15) is 0 Å². The number of nitrogen functional groups attached to an aromatic ring is 1. The van der Waals surface area contributed by atoms with E-state index in [4.69, 9.17) is 19.7 Å². The largest absolute Gasteiger partial charge is 0.394 e. The summed E-state index contributed by atoms with van der Waals surface area (Å²) in [6.07, 6.45) is 23.8. The first-order valence-electron chi connectivity index (χ1n) is 15.3. The summed E-state index contributed by atoms with van der Waals surface area (Å²) in [5.74, 6) is 0.248. The molecule has 0 amide bonds. The third kappa shape index (κ3) is 15.8. The summed E-state index contributed by atoms with van der Waals surface area (Å²) in [4.78, 5) is 22.2. The molecule has 234 valence electrons. The fraction of sp³-hybridized carbons (Fsp3) is 0.759. The van der Waals surface area contributed by atoms with Crippen LogP contribution in [0.2, 0.25) is 0 Å². The van der Waals surface area contributed by atoms with Crippen molar-refractivity contribution in [2.45, 2.75) is 109 Å². The number of nitrogens with two attached hydrogens (primary N) is 1. The Morgan fingerprint density at radius 1 is 0.927 bits per heavy atom. The number of ether oxygens (including phenoxy) is 2. The van der Waals surface area contributed by atoms with Gasteiger partial charge in [0.25, 0.3) is 0 Å². The number of hydrogen-bond acceptors (Lipinski definition) is 9. The second kappa shape index (κ2) is 21.8. The number of aliphatic hydroxyl groups excluding tert-OH is 1. The Morgan fingerprint density at radius 2 is 1.59 bits per heavy atom. The summed E-state index contributed by atoms with van der Waals surface area (Å²) in [5, 5.41) is 9.65. The zero-order chi connectivity index (χ0) is 29.6. The van der Waals surface area contributed by atoms with E-state index in [0.717, 1.165) is 12.8 Å². The SMILES string of the molecule is CCCCCCCC/C=C\CCCCCCCCOCCOP(=O)(O)CO[C@H](CO)Cn1cnc2c(N)ncnc21. The fourth-order valence-corrected chi connectivity index (χ4v) is 5.28. The first-order valence-corrected chi connectivity index (χ1v) is 17.1. The highest BCUT2D eigenvalue weighted by molar-refractivity contribution is 7.52. The molecule has 0 saturated carbocycles. The van der Waals surface area contributed by atoms with E-state index in [1.165, 1.54) is 89.7 Å². The maximum absolute atomic E-state index is 12.3. The molecule has 0 aliphatic heterocycles. The number of rotatable bonds is 26. The van der Waals surface area contributed by atoms with Crippen LogP contribution in [-0.2, 0) is 25.1 Å². The number of aromatic nitrogens is 4. The molecule has 11 nitrogen and oxygen atoms in total. The van der Waals surface area contributed by atoms with Crippen molar-refractivity contribution in [3.05, 3.63) is 24.8 Å². The standard InChI is InChI=1S/C29H52N5O6P/c1-2-3-4-5-6-7-8-9-10-11-12-13-14-15-16-17-18-38-19-20-40-41(36,37)25-39-26(22-35)21-34-24-33-27-28(30)31-23-32-29(27)34/h9-10,23-24,26,35H,2-8,11-22,25H2,1H3,(H,36,37)(H2,30,31,32)/b10-9-/t26-/m0/s1. The molecule has 0 fully saturated rings. The van der Waals surface area contributed by atoms with Gasteiger partial charge in [0.1, 0.15) is 18.2 Å². The molecule has 2 rings (SSSR count). The number of imidazole rings is 1. The summed E-state index contributed by atoms with van der Waals surface area (Å²) in [6, 6.07) is 0. The van der Waals surface area contributed by atoms with E-state index in [1.807, 2.05) is 0 Å². The van der Waals surface area contributed by atoms with Crippen LogP contribution in [0.3, 0.4) is 0 Å². The van der Waals surface area contributed by atoms with Gasteiger partial charge < -0.3 is 34.3 Å². The van der Waals surface area contributed by atoms with Crippen LogP contribution in [0.5, 0.6) is 0 Å². The predicted molar refractivity (Wildman–Crippen MR) is 163 cm³/mol. The molecule has 4 N–H and O–H groups in total. The topological polar surface area (TPSA) is 155 Å². The van der Waals surface area contributed by atoms with Crippen LogP contribution in [-0.4, -0.2) is 68.4 Å². The van der Waals surface area contributed by atoms with Gasteiger partial charge >= 0.3 is 7.60 Å². The second-order valence-electron chi connectivity index (χ2n) is 10.4. The first kappa shape index (κ1) is 35.3. The molecular formula is C29H52N5O6P. The van der Waals surface area contributed by atoms with Crippen LogP contribution in [0.15, 0.2) is 24.8 Å². The van der Waals surface area contributed by atoms with Crippen molar-refractivity contribution in [2.75, 3.05) is 38.5 Å². The van der Waals surface area contributed by atoms with Crippen molar-refractivity contribution in [2.24, 2.45) is 0 Å². The van der Waals surface area contributed by atoms with E-state index in [2.05, 4.69) is 34.0 Å². The van der Waals surface area contributed by atoms with Gasteiger partial charge in [-0.15, -0.1) is 0 Å². The molecule has 2 atom stereocenters. The number of allylic oxidation sites excluding steroid dienone is 2. The Balaban J connectivity index is 1.42. The average Bonchev–Trinajstić information content (AvgIpc) is 3.38. The minimum Gasteiger partial charge on any atom is -0.394 e. The summed E-state index contributed by atoms with van der Waals surface area (Å²) < 4.78 is 30.0. The maximum Gasteiger partial charge on any atom is 0.353 e. The second-order valence-corrected chi connectivity index (χ2v) is 12.2. The Labute approximate surface area is 245 Å². The van der Waals surface area contributed by atoms with Gasteiger partial charge in [-0.05, 0) is 32.1 Å². The van der Waals surface area contributed by atoms with Crippen LogP contribution < -0.4 is 5.73 Å². The summed E-state index contributed by atoms with van der Waals surface area (Å²) in [5.41, 5.74) is 6.72. The molecule has 2 heterocycles. The van der Waals surface area contributed by atoms with Gasteiger partial charge in [-0.3, -0.25) is 4.57 Å². The molecule has 0 spiro atoms. The third-order valence-electron chi connectivity index (χ3n) is 6.83. The minimum absolute atomic E-state index is 0.00431. The molecule has 12 heteroatoms. The number of unbranched alkanes of at least 4 members (excludes halogenated alkanes) is 12. The zero-order valence-corrected chi connectivity index (χ0v) is 25.8. The van der Waals surface area contributed by atoms with Crippen molar-refractivity contribution in [1.82, 2.24) is 19.5 Å². The van der Waals surface area contributed by atoms with Gasteiger partial charge in [-0.25, -0.2) is 15.0 Å². The molecule has 0 radical (unpaired) electrons. The van der Waals surface area contributed by atoms with Crippen molar-refractivity contribution in [1.29, 1.82) is 0 Å². The minimum atomic E-state index is -3.99. The van der Waals surface area contributed by atoms with Gasteiger partial charge in [0.05, 0.1) is 38.8 Å². The van der Waals surface area contributed by atoms with Gasteiger partial charge in [0, 0.05) is 6.61 Å². The molecule has 41 heavy (non-hydrogen) atoms. The van der Waals surface area contributed by atoms with Crippen LogP contribution >= 0.6 is 7.60 Å². The van der Waals surface area contributed by atoms with Crippen LogP contribution in [0.1, 0.15) is 96.8 Å². The third-order valence-corrected chi connectivity index (χ3v) is 7.89. The van der Waals surface area contributed by atoms with E-state index < -0.39 is 20.0 Å². The Kier molecular flexibility index (Phi) is 18.8. The Hall–Kier alpha value is -1.88. The lowest BCUT2D eigenvalue weighted by Gasteiger charge is -2.19. The Morgan fingerprint density at radius 3 is 2.27 bits per heavy atom. The summed E-state index contributed by atoms with van der Waals surface area (Å²) in [6.45, 7) is 2.91. The lowest BCUT2D eigenvalue weighted by molar-refractivity contribution is 0.0160. The van der Waals surface area contributed by atoms with E-state index in [0.29, 0.717) is 17.8 Å². The lowest BCUT2D eigenvalue weighted by atomic mass is 10.1. The van der Waals surface area contributed by atoms with E-state index >= 15 is 0 Å². The lowest BCUT2D eigenvalue weighted by Crippen LogP contribution is -2.25. The molecule has 0 bridgehead atoms.